The Balaban J connectivity index is 1.69. The number of hydrogen-bond donors (Lipinski definition) is 2. The van der Waals surface area contributed by atoms with Crippen LogP contribution in [0.4, 0.5) is 4.39 Å². The molecule has 4 saturated carbocycles. The second kappa shape index (κ2) is 7.30. The largest absolute Gasteiger partial charge is 0.396 e. The van der Waals surface area contributed by atoms with Crippen LogP contribution in [-0.4, -0.2) is 39.7 Å². The van der Waals surface area contributed by atoms with Crippen LogP contribution >= 0.6 is 15.9 Å². The molecule has 0 aliphatic heterocycles. The summed E-state index contributed by atoms with van der Waals surface area (Å²) in [5.74, 6) is 1.35. The lowest BCUT2D eigenvalue weighted by Gasteiger charge is -2.64. The van der Waals surface area contributed by atoms with E-state index in [2.05, 4.69) is 29.8 Å². The molecule has 4 fully saturated rings. The summed E-state index contributed by atoms with van der Waals surface area (Å²) in [5.41, 5.74) is -0.275. The Morgan fingerprint density at radius 2 is 1.93 bits per heavy atom. The zero-order valence-electron chi connectivity index (χ0n) is 17.3. The zero-order valence-corrected chi connectivity index (χ0v) is 18.9. The van der Waals surface area contributed by atoms with Crippen LogP contribution in [0.1, 0.15) is 71.6 Å². The lowest BCUT2D eigenvalue weighted by molar-refractivity contribution is -0.146. The van der Waals surface area contributed by atoms with Gasteiger partial charge in [-0.1, -0.05) is 36.2 Å². The van der Waals surface area contributed by atoms with Crippen molar-refractivity contribution in [1.82, 2.24) is 0 Å². The average molecular weight is 459 g/mol. The zero-order chi connectivity index (χ0) is 20.3. The van der Waals surface area contributed by atoms with Gasteiger partial charge in [-0.2, -0.15) is 0 Å². The first kappa shape index (κ1) is 21.2. The Hall–Kier alpha value is 0. The monoisotopic (exact) mass is 458 g/mol. The molecule has 0 aromatic rings. The number of alkyl halides is 2. The molecule has 0 radical (unpaired) electrons. The standard InChI is InChI=1S/C23H36BrFO3/c1-3-14-10-18-16-5-9-23(24)11-15(27)4-8-22(23,13-26)17(16)6-7-21(18,2)20(14)19(28)12-25/h14-18,20,26-27H,3-13H2,1-2H3/t14-,15+,16-,17+,18+,20-,21+,22+,23-/m1/s1. The quantitative estimate of drug-likeness (QED) is 0.601. The Kier molecular flexibility index (Phi) is 5.54. The number of ketones is 1. The van der Waals surface area contributed by atoms with E-state index in [4.69, 9.17) is 0 Å². The van der Waals surface area contributed by atoms with Crippen molar-refractivity contribution in [3.8, 4) is 0 Å². The first-order chi connectivity index (χ1) is 13.3. The van der Waals surface area contributed by atoms with Gasteiger partial charge < -0.3 is 10.2 Å². The van der Waals surface area contributed by atoms with Crippen LogP contribution in [0.15, 0.2) is 0 Å². The third-order valence-electron chi connectivity index (χ3n) is 9.86. The molecule has 5 heteroatoms. The number of rotatable bonds is 4. The van der Waals surface area contributed by atoms with E-state index >= 15 is 0 Å². The molecule has 4 aliphatic rings. The van der Waals surface area contributed by atoms with Gasteiger partial charge in [0.05, 0.1) is 12.7 Å². The molecule has 160 valence electrons. The Morgan fingerprint density at radius 1 is 1.18 bits per heavy atom. The van der Waals surface area contributed by atoms with Gasteiger partial charge in [0.1, 0.15) is 6.67 Å². The number of hydrogen-bond acceptors (Lipinski definition) is 3. The molecule has 2 N–H and O–H groups in total. The van der Waals surface area contributed by atoms with Crippen molar-refractivity contribution in [3.05, 3.63) is 0 Å². The highest BCUT2D eigenvalue weighted by Gasteiger charge is 2.67. The molecule has 0 aromatic carbocycles. The molecular formula is C23H36BrFO3. The van der Waals surface area contributed by atoms with Gasteiger partial charge >= 0.3 is 0 Å². The van der Waals surface area contributed by atoms with E-state index in [1.807, 2.05) is 0 Å². The fraction of sp³-hybridized carbons (Fsp3) is 0.957. The SMILES string of the molecule is CC[C@@H]1C[C@H]2[C@@H]3CC[C@@]4(Br)C[C@@H](O)CC[C@]4(CO)[C@H]3CC[C@]2(C)[C@H]1C(=O)CF. The molecule has 0 bridgehead atoms. The molecule has 0 unspecified atom stereocenters. The number of carbonyl (C=O) groups is 1. The van der Waals surface area contributed by atoms with E-state index < -0.39 is 6.67 Å². The maximum absolute atomic E-state index is 13.4. The third-order valence-corrected chi connectivity index (χ3v) is 11.4. The van der Waals surface area contributed by atoms with E-state index in [0.29, 0.717) is 23.7 Å². The fourth-order valence-corrected chi connectivity index (χ4v) is 9.82. The van der Waals surface area contributed by atoms with Gasteiger partial charge in [-0.3, -0.25) is 4.79 Å². The van der Waals surface area contributed by atoms with E-state index in [9.17, 15) is 19.4 Å². The molecule has 0 spiro atoms. The van der Waals surface area contributed by atoms with Crippen molar-refractivity contribution in [2.24, 2.45) is 40.4 Å². The predicted octanol–water partition coefficient (Wildman–Crippen LogP) is 4.67. The van der Waals surface area contributed by atoms with E-state index in [0.717, 1.165) is 57.8 Å². The highest BCUT2D eigenvalue weighted by molar-refractivity contribution is 9.10. The lowest BCUT2D eigenvalue weighted by Crippen LogP contribution is -2.63. The van der Waals surface area contributed by atoms with Gasteiger partial charge in [0, 0.05) is 15.7 Å². The number of aliphatic hydroxyl groups is 2. The Labute approximate surface area is 177 Å². The van der Waals surface area contributed by atoms with Crippen LogP contribution in [0.2, 0.25) is 0 Å². The molecule has 0 heterocycles. The summed E-state index contributed by atoms with van der Waals surface area (Å²) in [7, 11) is 0. The highest BCUT2D eigenvalue weighted by atomic mass is 79.9. The normalized spacial score (nSPS) is 53.2. The van der Waals surface area contributed by atoms with Crippen molar-refractivity contribution < 1.29 is 19.4 Å². The Bertz CT molecular complexity index is 629. The summed E-state index contributed by atoms with van der Waals surface area (Å²) < 4.78 is 13.2. The van der Waals surface area contributed by atoms with Gasteiger partial charge in [0.15, 0.2) is 5.78 Å². The average Bonchev–Trinajstić information content (AvgIpc) is 2.99. The van der Waals surface area contributed by atoms with E-state index in [1.165, 1.54) is 0 Å². The van der Waals surface area contributed by atoms with Crippen LogP contribution in [0.5, 0.6) is 0 Å². The first-order valence-corrected chi connectivity index (χ1v) is 12.1. The minimum absolute atomic E-state index is 0.0951. The van der Waals surface area contributed by atoms with Crippen molar-refractivity contribution >= 4 is 21.7 Å². The summed E-state index contributed by atoms with van der Waals surface area (Å²) in [6, 6.07) is 0. The van der Waals surface area contributed by atoms with Crippen LogP contribution in [-0.2, 0) is 4.79 Å². The van der Waals surface area contributed by atoms with Crippen LogP contribution in [0.3, 0.4) is 0 Å². The number of aliphatic hydroxyl groups excluding tert-OH is 2. The fourth-order valence-electron chi connectivity index (χ4n) is 8.60. The van der Waals surface area contributed by atoms with Gasteiger partial charge in [-0.05, 0) is 80.5 Å². The summed E-state index contributed by atoms with van der Waals surface area (Å²) >= 11 is 4.03. The second-order valence-corrected chi connectivity index (χ2v) is 12.1. The van der Waals surface area contributed by atoms with Crippen molar-refractivity contribution in [1.29, 1.82) is 0 Å². The predicted molar refractivity (Wildman–Crippen MR) is 111 cm³/mol. The molecule has 3 nitrogen and oxygen atoms in total. The minimum Gasteiger partial charge on any atom is -0.396 e. The molecular weight excluding hydrogens is 423 g/mol. The molecule has 0 aromatic heterocycles. The number of carbonyl (C=O) groups excluding carboxylic acids is 1. The van der Waals surface area contributed by atoms with Gasteiger partial charge in [-0.15, -0.1) is 0 Å². The van der Waals surface area contributed by atoms with E-state index in [-0.39, 0.29) is 39.6 Å². The molecule has 0 amide bonds. The Morgan fingerprint density at radius 3 is 2.57 bits per heavy atom. The smallest absolute Gasteiger partial charge is 0.167 e. The minimum atomic E-state index is -0.833. The van der Waals surface area contributed by atoms with Crippen molar-refractivity contribution in [2.75, 3.05) is 13.3 Å². The van der Waals surface area contributed by atoms with Crippen LogP contribution in [0.25, 0.3) is 0 Å². The van der Waals surface area contributed by atoms with Gasteiger partial charge in [-0.25, -0.2) is 4.39 Å². The number of halogens is 2. The molecule has 4 aliphatic carbocycles. The first-order valence-electron chi connectivity index (χ1n) is 11.3. The van der Waals surface area contributed by atoms with Crippen LogP contribution < -0.4 is 0 Å². The maximum atomic E-state index is 13.4. The summed E-state index contributed by atoms with van der Waals surface area (Å²) in [6.45, 7) is 3.73. The maximum Gasteiger partial charge on any atom is 0.167 e. The summed E-state index contributed by atoms with van der Waals surface area (Å²) in [6.07, 6.45) is 8.06. The molecule has 0 saturated heterocycles. The topological polar surface area (TPSA) is 57.5 Å². The highest BCUT2D eigenvalue weighted by Crippen LogP contribution is 2.71. The lowest BCUT2D eigenvalue weighted by atomic mass is 9.44. The summed E-state index contributed by atoms with van der Waals surface area (Å²) in [5, 5.41) is 20.9. The molecule has 28 heavy (non-hydrogen) atoms. The van der Waals surface area contributed by atoms with Crippen molar-refractivity contribution in [3.63, 3.8) is 0 Å². The summed E-state index contributed by atoms with van der Waals surface area (Å²) in [4.78, 5) is 12.6. The van der Waals surface area contributed by atoms with Gasteiger partial charge in [0.25, 0.3) is 0 Å². The molecule has 4 rings (SSSR count). The van der Waals surface area contributed by atoms with E-state index in [1.54, 1.807) is 0 Å². The third kappa shape index (κ3) is 2.74. The second-order valence-electron chi connectivity index (χ2n) is 10.6. The number of Topliss-reactive ketones (excluding diaryl/α,β-unsaturated/α-hetero) is 1. The number of fused-ring (bicyclic) bond motifs is 5. The van der Waals surface area contributed by atoms with Crippen molar-refractivity contribution in [2.45, 2.75) is 82.1 Å². The van der Waals surface area contributed by atoms with Crippen LogP contribution in [0, 0.1) is 40.4 Å². The van der Waals surface area contributed by atoms with Gasteiger partial charge in [0.2, 0.25) is 0 Å². The molecule has 9 atom stereocenters.